The minimum atomic E-state index is -2.80. The molecule has 0 aliphatic rings. The Bertz CT molecular complexity index is 955. The molecule has 0 amide bonds. The van der Waals surface area contributed by atoms with Gasteiger partial charge in [0.15, 0.2) is 0 Å². The highest BCUT2D eigenvalue weighted by Crippen LogP contribution is 2.31. The van der Waals surface area contributed by atoms with E-state index in [2.05, 4.69) is 24.7 Å². The fraction of sp³-hybridized carbons (Fsp3) is 0.280. The summed E-state index contributed by atoms with van der Waals surface area (Å²) in [6, 6.07) is 22.3. The first-order valence-corrected chi connectivity index (χ1v) is 10.3. The summed E-state index contributed by atoms with van der Waals surface area (Å²) in [6.45, 7) is 1.52. The van der Waals surface area contributed by atoms with Gasteiger partial charge in [-0.05, 0) is 78.3 Å². The lowest BCUT2D eigenvalue weighted by Gasteiger charge is -2.25. The Morgan fingerprint density at radius 3 is 2.20 bits per heavy atom. The number of hydrogen-bond acceptors (Lipinski definition) is 2. The van der Waals surface area contributed by atoms with Gasteiger partial charge in [-0.1, -0.05) is 55.8 Å². The maximum atomic E-state index is 12.3. The molecule has 5 heteroatoms. The third-order valence-electron chi connectivity index (χ3n) is 5.06. The lowest BCUT2D eigenvalue weighted by atomic mass is 9.80. The van der Waals surface area contributed by atoms with Crippen LogP contribution in [0.15, 0.2) is 72.8 Å². The maximum absolute atomic E-state index is 12.3. The largest absolute Gasteiger partial charge is 0.457 e. The average molecular weight is 431 g/mol. The Labute approximate surface area is 181 Å². The molecule has 30 heavy (non-hydrogen) atoms. The van der Waals surface area contributed by atoms with Crippen molar-refractivity contribution >= 4 is 11.6 Å². The van der Waals surface area contributed by atoms with E-state index in [4.69, 9.17) is 16.3 Å². The van der Waals surface area contributed by atoms with Crippen molar-refractivity contribution < 1.29 is 18.3 Å². The summed E-state index contributed by atoms with van der Waals surface area (Å²) in [5.41, 5.74) is 2.23. The Kier molecular flexibility index (Phi) is 7.33. The molecule has 0 spiro atoms. The minimum absolute atomic E-state index is 0.0712. The molecule has 0 bridgehead atoms. The second-order valence-electron chi connectivity index (χ2n) is 7.85. The van der Waals surface area contributed by atoms with Crippen LogP contribution in [0.3, 0.4) is 0 Å². The Morgan fingerprint density at radius 1 is 0.867 bits per heavy atom. The maximum Gasteiger partial charge on any atom is 0.387 e. The zero-order valence-corrected chi connectivity index (χ0v) is 17.8. The number of benzene rings is 3. The van der Waals surface area contributed by atoms with Crippen LogP contribution in [0.4, 0.5) is 8.78 Å². The van der Waals surface area contributed by atoms with Gasteiger partial charge in [0.25, 0.3) is 0 Å². The van der Waals surface area contributed by atoms with E-state index in [1.807, 2.05) is 48.5 Å². The van der Waals surface area contributed by atoms with E-state index in [0.29, 0.717) is 10.8 Å². The first-order valence-electron chi connectivity index (χ1n) is 9.89. The number of alkyl halides is 2. The smallest absolute Gasteiger partial charge is 0.387 e. The number of halogens is 3. The van der Waals surface area contributed by atoms with Crippen LogP contribution in [0.1, 0.15) is 37.8 Å². The van der Waals surface area contributed by atoms with Gasteiger partial charge in [-0.15, -0.1) is 0 Å². The molecule has 3 aromatic rings. The van der Waals surface area contributed by atoms with Crippen LogP contribution < -0.4 is 9.47 Å². The standard InChI is InChI=1S/C25H25ClF2O2/c1-25(2,19-11-13-21(14-12-19)30-24(27)28)15-5-7-18-6-3-9-22(16-18)29-23-10-4-8-20(26)17-23/h3-4,6,8-14,16-17,24H,5,7,15H2,1-2H3. The Morgan fingerprint density at radius 2 is 1.53 bits per heavy atom. The van der Waals surface area contributed by atoms with E-state index in [-0.39, 0.29) is 11.2 Å². The molecular weight excluding hydrogens is 406 g/mol. The lowest BCUT2D eigenvalue weighted by Crippen LogP contribution is -2.17. The summed E-state index contributed by atoms with van der Waals surface area (Å²) in [5.74, 6) is 1.67. The van der Waals surface area contributed by atoms with Crippen molar-refractivity contribution in [2.24, 2.45) is 0 Å². The average Bonchev–Trinajstić information content (AvgIpc) is 2.68. The second kappa shape index (κ2) is 9.94. The van der Waals surface area contributed by atoms with E-state index in [1.165, 1.54) is 5.56 Å². The highest BCUT2D eigenvalue weighted by molar-refractivity contribution is 6.30. The van der Waals surface area contributed by atoms with Gasteiger partial charge in [0.1, 0.15) is 17.2 Å². The first-order chi connectivity index (χ1) is 14.3. The van der Waals surface area contributed by atoms with Gasteiger partial charge in [-0.2, -0.15) is 8.78 Å². The second-order valence-corrected chi connectivity index (χ2v) is 8.28. The topological polar surface area (TPSA) is 18.5 Å². The zero-order valence-electron chi connectivity index (χ0n) is 17.1. The Hall–Kier alpha value is -2.59. The molecule has 0 unspecified atom stereocenters. The number of rotatable bonds is 9. The van der Waals surface area contributed by atoms with Gasteiger partial charge in [-0.3, -0.25) is 0 Å². The lowest BCUT2D eigenvalue weighted by molar-refractivity contribution is -0.0498. The van der Waals surface area contributed by atoms with Gasteiger partial charge in [0.2, 0.25) is 0 Å². The summed E-state index contributed by atoms with van der Waals surface area (Å²) in [5, 5.41) is 0.639. The third kappa shape index (κ3) is 6.46. The van der Waals surface area contributed by atoms with Crippen molar-refractivity contribution in [3.63, 3.8) is 0 Å². The van der Waals surface area contributed by atoms with Crippen molar-refractivity contribution in [2.45, 2.75) is 45.1 Å². The van der Waals surface area contributed by atoms with Crippen LogP contribution in [0.5, 0.6) is 17.2 Å². The van der Waals surface area contributed by atoms with Crippen molar-refractivity contribution in [2.75, 3.05) is 0 Å². The fourth-order valence-corrected chi connectivity index (χ4v) is 3.58. The predicted octanol–water partition coefficient (Wildman–Crippen LogP) is 8.03. The molecule has 0 radical (unpaired) electrons. The van der Waals surface area contributed by atoms with Crippen LogP contribution >= 0.6 is 11.6 Å². The molecule has 0 fully saturated rings. The quantitative estimate of drug-likeness (QED) is 0.342. The van der Waals surface area contributed by atoms with Crippen LogP contribution in [0.25, 0.3) is 0 Å². The van der Waals surface area contributed by atoms with Crippen LogP contribution in [0, 0.1) is 0 Å². The molecule has 0 aliphatic heterocycles. The molecular formula is C25H25ClF2O2. The molecule has 2 nitrogen and oxygen atoms in total. The molecule has 158 valence electrons. The first kappa shape index (κ1) is 22.1. The predicted molar refractivity (Wildman–Crippen MR) is 117 cm³/mol. The Balaban J connectivity index is 1.56. The van der Waals surface area contributed by atoms with Crippen LogP contribution in [0.2, 0.25) is 5.02 Å². The van der Waals surface area contributed by atoms with Crippen LogP contribution in [-0.2, 0) is 11.8 Å². The monoisotopic (exact) mass is 430 g/mol. The molecule has 0 heterocycles. The minimum Gasteiger partial charge on any atom is -0.457 e. The summed E-state index contributed by atoms with van der Waals surface area (Å²) in [6.07, 6.45) is 2.87. The van der Waals surface area contributed by atoms with Crippen LogP contribution in [-0.4, -0.2) is 6.61 Å². The molecule has 3 rings (SSSR count). The van der Waals surface area contributed by atoms with E-state index in [1.54, 1.807) is 18.2 Å². The highest BCUT2D eigenvalue weighted by atomic mass is 35.5. The number of hydrogen-bond donors (Lipinski definition) is 0. The van der Waals surface area contributed by atoms with Crippen molar-refractivity contribution in [1.29, 1.82) is 0 Å². The third-order valence-corrected chi connectivity index (χ3v) is 5.29. The van der Waals surface area contributed by atoms with E-state index in [9.17, 15) is 8.78 Å². The molecule has 0 aliphatic carbocycles. The van der Waals surface area contributed by atoms with E-state index >= 15 is 0 Å². The summed E-state index contributed by atoms with van der Waals surface area (Å²) >= 11 is 6.01. The molecule has 0 saturated carbocycles. The molecule has 0 saturated heterocycles. The normalized spacial score (nSPS) is 11.5. The van der Waals surface area contributed by atoms with E-state index < -0.39 is 6.61 Å². The molecule has 0 aromatic heterocycles. The summed E-state index contributed by atoms with van der Waals surface area (Å²) in [4.78, 5) is 0. The van der Waals surface area contributed by atoms with Crippen molar-refractivity contribution in [3.8, 4) is 17.2 Å². The number of ether oxygens (including phenoxy) is 2. The van der Waals surface area contributed by atoms with Gasteiger partial charge >= 0.3 is 6.61 Å². The molecule has 0 N–H and O–H groups in total. The van der Waals surface area contributed by atoms with Crippen molar-refractivity contribution in [1.82, 2.24) is 0 Å². The van der Waals surface area contributed by atoms with Gasteiger partial charge < -0.3 is 9.47 Å². The van der Waals surface area contributed by atoms with Gasteiger partial charge in [0, 0.05) is 5.02 Å². The molecule has 3 aromatic carbocycles. The van der Waals surface area contributed by atoms with Crippen molar-refractivity contribution in [3.05, 3.63) is 88.9 Å². The van der Waals surface area contributed by atoms with Gasteiger partial charge in [-0.25, -0.2) is 0 Å². The fourth-order valence-electron chi connectivity index (χ4n) is 3.40. The summed E-state index contributed by atoms with van der Waals surface area (Å²) in [7, 11) is 0. The highest BCUT2D eigenvalue weighted by Gasteiger charge is 2.20. The summed E-state index contributed by atoms with van der Waals surface area (Å²) < 4.78 is 35.0. The van der Waals surface area contributed by atoms with Gasteiger partial charge in [0.05, 0.1) is 0 Å². The number of aryl methyl sites for hydroxylation is 1. The zero-order chi connectivity index (χ0) is 21.6. The SMILES string of the molecule is CC(C)(CCCc1cccc(Oc2cccc(Cl)c2)c1)c1ccc(OC(F)F)cc1. The molecule has 0 atom stereocenters. The van der Waals surface area contributed by atoms with E-state index in [0.717, 1.165) is 30.6 Å².